The molecule has 8 heteroatoms. The van der Waals surface area contributed by atoms with Crippen LogP contribution in [0.15, 0.2) is 54.0 Å². The van der Waals surface area contributed by atoms with Gasteiger partial charge in [-0.05, 0) is 57.0 Å². The number of carbonyl (C=O) groups excluding carboxylic acids is 1. The Balaban J connectivity index is 1.77. The molecule has 0 saturated carbocycles. The van der Waals surface area contributed by atoms with Crippen LogP contribution in [-0.2, 0) is 4.79 Å². The van der Waals surface area contributed by atoms with Crippen LogP contribution in [-0.4, -0.2) is 34.4 Å². The normalized spacial score (nSPS) is 15.1. The number of nitrogens with zero attached hydrogens (tertiary/aromatic N) is 3. The molecule has 166 valence electrons. The van der Waals surface area contributed by atoms with Gasteiger partial charge >= 0.3 is 0 Å². The topological polar surface area (TPSA) is 90.3 Å². The zero-order valence-electron chi connectivity index (χ0n) is 18.9. The van der Waals surface area contributed by atoms with Crippen molar-refractivity contribution in [2.45, 2.75) is 33.7 Å². The summed E-state index contributed by atoms with van der Waals surface area (Å²) in [4.78, 5) is 17.8. The zero-order chi connectivity index (χ0) is 22.8. The second-order valence-electron chi connectivity index (χ2n) is 7.71. The third-order valence-electron chi connectivity index (χ3n) is 5.47. The second-order valence-corrected chi connectivity index (χ2v) is 7.71. The predicted octanol–water partition coefficient (Wildman–Crippen LogP) is 4.23. The Morgan fingerprint density at radius 3 is 2.69 bits per heavy atom. The molecule has 0 unspecified atom stereocenters. The van der Waals surface area contributed by atoms with E-state index >= 15 is 0 Å². The fraction of sp³-hybridized carbons (Fsp3) is 0.292. The van der Waals surface area contributed by atoms with Gasteiger partial charge in [0.15, 0.2) is 11.5 Å². The summed E-state index contributed by atoms with van der Waals surface area (Å²) in [5.41, 5.74) is 5.01. The summed E-state index contributed by atoms with van der Waals surface area (Å²) in [6.07, 6.45) is 1.47. The third kappa shape index (κ3) is 3.91. The zero-order valence-corrected chi connectivity index (χ0v) is 18.9. The number of ether oxygens (including phenoxy) is 2. The third-order valence-corrected chi connectivity index (χ3v) is 5.47. The maximum atomic E-state index is 13.5. The lowest BCUT2D eigenvalue weighted by Crippen LogP contribution is -2.31. The number of hydrogen-bond donors (Lipinski definition) is 2. The van der Waals surface area contributed by atoms with Gasteiger partial charge in [-0.25, -0.2) is 4.68 Å². The number of benzene rings is 2. The van der Waals surface area contributed by atoms with E-state index in [-0.39, 0.29) is 5.91 Å². The molecular formula is C24H27N5O3. The van der Waals surface area contributed by atoms with Gasteiger partial charge in [-0.15, -0.1) is 0 Å². The van der Waals surface area contributed by atoms with Crippen molar-refractivity contribution >= 4 is 17.5 Å². The minimum absolute atomic E-state index is 0.207. The Morgan fingerprint density at radius 1 is 1.16 bits per heavy atom. The highest BCUT2D eigenvalue weighted by Gasteiger charge is 2.34. The highest BCUT2D eigenvalue weighted by atomic mass is 16.5. The maximum absolute atomic E-state index is 13.5. The van der Waals surface area contributed by atoms with Crippen molar-refractivity contribution < 1.29 is 14.3 Å². The van der Waals surface area contributed by atoms with Crippen LogP contribution in [0.25, 0.3) is 0 Å². The average Bonchev–Trinajstić information content (AvgIpc) is 3.23. The van der Waals surface area contributed by atoms with Gasteiger partial charge in [0, 0.05) is 11.4 Å². The molecule has 0 radical (unpaired) electrons. The minimum atomic E-state index is -0.482. The van der Waals surface area contributed by atoms with E-state index in [1.54, 1.807) is 11.8 Å². The number of carbonyl (C=O) groups is 1. The first-order valence-corrected chi connectivity index (χ1v) is 10.5. The number of rotatable bonds is 6. The van der Waals surface area contributed by atoms with E-state index in [2.05, 4.69) is 20.7 Å². The fourth-order valence-corrected chi connectivity index (χ4v) is 3.97. The van der Waals surface area contributed by atoms with E-state index < -0.39 is 6.04 Å². The number of fused-ring (bicyclic) bond motifs is 1. The minimum Gasteiger partial charge on any atom is -0.493 e. The molecule has 1 aliphatic rings. The summed E-state index contributed by atoms with van der Waals surface area (Å²) in [7, 11) is 1.60. The summed E-state index contributed by atoms with van der Waals surface area (Å²) in [6.45, 7) is 8.32. The van der Waals surface area contributed by atoms with Crippen molar-refractivity contribution in [3.63, 3.8) is 0 Å². The number of allylic oxidation sites excluding steroid dienone is 1. The molecular weight excluding hydrogens is 406 g/mol. The molecule has 8 nitrogen and oxygen atoms in total. The van der Waals surface area contributed by atoms with Gasteiger partial charge in [-0.3, -0.25) is 4.79 Å². The molecule has 4 rings (SSSR count). The smallest absolute Gasteiger partial charge is 0.255 e. The quantitative estimate of drug-likeness (QED) is 0.605. The number of hydrogen-bond acceptors (Lipinski definition) is 6. The molecule has 1 atom stereocenters. The van der Waals surface area contributed by atoms with E-state index in [1.807, 2.05) is 64.1 Å². The van der Waals surface area contributed by atoms with Crippen molar-refractivity contribution in [3.8, 4) is 11.5 Å². The molecule has 32 heavy (non-hydrogen) atoms. The van der Waals surface area contributed by atoms with E-state index in [0.717, 1.165) is 22.4 Å². The lowest BCUT2D eigenvalue weighted by atomic mass is 9.94. The van der Waals surface area contributed by atoms with Crippen LogP contribution < -0.4 is 20.1 Å². The summed E-state index contributed by atoms with van der Waals surface area (Å²) in [5, 5.41) is 10.6. The molecule has 2 N–H and O–H groups in total. The van der Waals surface area contributed by atoms with E-state index in [0.29, 0.717) is 35.3 Å². The Kier molecular flexibility index (Phi) is 5.85. The fourth-order valence-electron chi connectivity index (χ4n) is 3.97. The molecule has 3 aromatic rings. The SMILES string of the molecule is CCOc1ccc([C@H]2C(C(=O)Nc3ccc(C)cc3C)=C(C)Nc3ncnn32)cc1OC. The molecule has 0 aliphatic carbocycles. The van der Waals surface area contributed by atoms with Crippen LogP contribution in [0.4, 0.5) is 11.6 Å². The average molecular weight is 434 g/mol. The lowest BCUT2D eigenvalue weighted by Gasteiger charge is -2.29. The van der Waals surface area contributed by atoms with Gasteiger partial charge in [0.25, 0.3) is 5.91 Å². The second kappa shape index (κ2) is 8.74. The molecule has 1 amide bonds. The number of methoxy groups -OCH3 is 1. The molecule has 0 fully saturated rings. The first-order chi connectivity index (χ1) is 15.4. The Labute approximate surface area is 187 Å². The number of amides is 1. The highest BCUT2D eigenvalue weighted by Crippen LogP contribution is 2.39. The highest BCUT2D eigenvalue weighted by molar-refractivity contribution is 6.06. The van der Waals surface area contributed by atoms with Crippen LogP contribution in [0.1, 0.15) is 36.6 Å². The summed E-state index contributed by atoms with van der Waals surface area (Å²) >= 11 is 0. The van der Waals surface area contributed by atoms with Crippen LogP contribution in [0.5, 0.6) is 11.5 Å². The number of anilines is 2. The summed E-state index contributed by atoms with van der Waals surface area (Å²) in [5.74, 6) is 1.61. The standard InChI is InChI=1S/C24H27N5O3/c1-6-32-19-10-8-17(12-20(19)31-5)22-21(16(4)27-24-25-13-26-29(22)24)23(30)28-18-9-7-14(2)11-15(18)3/h7-13,22H,6H2,1-5H3,(H,28,30)(H,25,26,27)/t22-/m0/s1. The molecule has 1 aliphatic heterocycles. The first kappa shape index (κ1) is 21.4. The summed E-state index contributed by atoms with van der Waals surface area (Å²) in [6, 6.07) is 11.1. The van der Waals surface area contributed by atoms with Crippen LogP contribution >= 0.6 is 0 Å². The van der Waals surface area contributed by atoms with Gasteiger partial charge in [0.2, 0.25) is 5.95 Å². The molecule has 0 bridgehead atoms. The van der Waals surface area contributed by atoms with E-state index in [4.69, 9.17) is 9.47 Å². The van der Waals surface area contributed by atoms with Gasteiger partial charge in [-0.2, -0.15) is 10.1 Å². The van der Waals surface area contributed by atoms with Crippen LogP contribution in [0, 0.1) is 13.8 Å². The van der Waals surface area contributed by atoms with Crippen molar-refractivity contribution in [3.05, 3.63) is 70.7 Å². The first-order valence-electron chi connectivity index (χ1n) is 10.5. The van der Waals surface area contributed by atoms with E-state index in [9.17, 15) is 4.79 Å². The largest absolute Gasteiger partial charge is 0.493 e. The van der Waals surface area contributed by atoms with Crippen molar-refractivity contribution in [2.24, 2.45) is 0 Å². The van der Waals surface area contributed by atoms with Crippen molar-refractivity contribution in [1.82, 2.24) is 14.8 Å². The Bertz CT molecular complexity index is 1200. The molecule has 2 aromatic carbocycles. The molecule has 1 aromatic heterocycles. The van der Waals surface area contributed by atoms with Gasteiger partial charge in [0.1, 0.15) is 12.4 Å². The Hall–Kier alpha value is -3.81. The Morgan fingerprint density at radius 2 is 1.97 bits per heavy atom. The van der Waals surface area contributed by atoms with Crippen LogP contribution in [0.3, 0.4) is 0 Å². The maximum Gasteiger partial charge on any atom is 0.255 e. The van der Waals surface area contributed by atoms with Crippen molar-refractivity contribution in [2.75, 3.05) is 24.4 Å². The van der Waals surface area contributed by atoms with Crippen LogP contribution in [0.2, 0.25) is 0 Å². The number of aryl methyl sites for hydroxylation is 2. The van der Waals surface area contributed by atoms with E-state index in [1.165, 1.54) is 6.33 Å². The number of nitrogens with one attached hydrogen (secondary N) is 2. The molecule has 2 heterocycles. The predicted molar refractivity (Wildman–Crippen MR) is 123 cm³/mol. The van der Waals surface area contributed by atoms with Gasteiger partial charge in [-0.1, -0.05) is 23.8 Å². The molecule has 0 spiro atoms. The monoisotopic (exact) mass is 433 g/mol. The van der Waals surface area contributed by atoms with Gasteiger partial charge in [0.05, 0.1) is 19.3 Å². The lowest BCUT2D eigenvalue weighted by molar-refractivity contribution is -0.113. The molecule has 0 saturated heterocycles. The van der Waals surface area contributed by atoms with Crippen molar-refractivity contribution in [1.29, 1.82) is 0 Å². The number of aromatic nitrogens is 3. The van der Waals surface area contributed by atoms with Gasteiger partial charge < -0.3 is 20.1 Å². The summed E-state index contributed by atoms with van der Waals surface area (Å²) < 4.78 is 12.9.